The molecule has 1 heterocycles. The molecule has 1 atom stereocenters. The molecule has 0 unspecified atom stereocenters. The van der Waals surface area contributed by atoms with Crippen LogP contribution in [0.2, 0.25) is 0 Å². The lowest BCUT2D eigenvalue weighted by molar-refractivity contribution is -0.117. The Morgan fingerprint density at radius 1 is 0.977 bits per heavy atom. The lowest BCUT2D eigenvalue weighted by Crippen LogP contribution is -2.37. The minimum absolute atomic E-state index is 0.00822. The van der Waals surface area contributed by atoms with E-state index in [4.69, 9.17) is 10.5 Å². The Kier molecular flexibility index (Phi) is 9.37. The van der Waals surface area contributed by atoms with Gasteiger partial charge in [0.2, 0.25) is 5.91 Å². The van der Waals surface area contributed by atoms with E-state index in [1.54, 1.807) is 32.9 Å². The number of carbonyl (C=O) groups is 2. The third kappa shape index (κ3) is 7.88. The predicted octanol–water partition coefficient (Wildman–Crippen LogP) is 5.41. The van der Waals surface area contributed by atoms with Gasteiger partial charge in [-0.25, -0.2) is 21.6 Å². The summed E-state index contributed by atoms with van der Waals surface area (Å²) in [5, 5.41) is 2.69. The lowest BCUT2D eigenvalue weighted by Gasteiger charge is -2.24. The van der Waals surface area contributed by atoms with Crippen molar-refractivity contribution in [2.24, 2.45) is 5.73 Å². The van der Waals surface area contributed by atoms with E-state index in [0.29, 0.717) is 12.0 Å². The van der Waals surface area contributed by atoms with E-state index >= 15 is 0 Å². The van der Waals surface area contributed by atoms with E-state index in [2.05, 4.69) is 5.32 Å². The van der Waals surface area contributed by atoms with E-state index in [-0.39, 0.29) is 28.4 Å². The maximum Gasteiger partial charge on any atom is 0.410 e. The Labute approximate surface area is 251 Å². The summed E-state index contributed by atoms with van der Waals surface area (Å²) in [4.78, 5) is 26.5. The summed E-state index contributed by atoms with van der Waals surface area (Å²) in [5.41, 5.74) is 7.08. The summed E-state index contributed by atoms with van der Waals surface area (Å²) in [6, 6.07) is 21.5. The second kappa shape index (κ2) is 12.8. The zero-order valence-corrected chi connectivity index (χ0v) is 25.3. The van der Waals surface area contributed by atoms with E-state index in [9.17, 15) is 22.4 Å². The van der Waals surface area contributed by atoms with Crippen molar-refractivity contribution in [1.82, 2.24) is 8.87 Å². The van der Waals surface area contributed by atoms with Crippen LogP contribution in [0.4, 0.5) is 14.9 Å². The van der Waals surface area contributed by atoms with Crippen LogP contribution in [0.3, 0.4) is 0 Å². The third-order valence-electron chi connectivity index (χ3n) is 6.41. The second-order valence-electron chi connectivity index (χ2n) is 11.2. The summed E-state index contributed by atoms with van der Waals surface area (Å²) in [7, 11) is -2.77. The monoisotopic (exact) mass is 606 g/mol. The van der Waals surface area contributed by atoms with E-state index < -0.39 is 39.5 Å². The minimum atomic E-state index is -4.29. The van der Waals surface area contributed by atoms with E-state index in [1.807, 2.05) is 30.3 Å². The number of rotatable bonds is 9. The van der Waals surface area contributed by atoms with Crippen LogP contribution in [0.1, 0.15) is 31.9 Å². The topological polar surface area (TPSA) is 124 Å². The molecule has 0 aliphatic carbocycles. The van der Waals surface area contributed by atoms with Gasteiger partial charge in [0.05, 0.1) is 23.2 Å². The Balaban J connectivity index is 1.64. The van der Waals surface area contributed by atoms with Crippen molar-refractivity contribution in [2.75, 3.05) is 12.4 Å². The Morgan fingerprint density at radius 3 is 2.33 bits per heavy atom. The maximum atomic E-state index is 14.9. The fraction of sp³-hybridized carbons (Fsp3) is 0.250. The number of nitrogens with one attached hydrogen (secondary N) is 1. The van der Waals surface area contributed by atoms with Crippen LogP contribution >= 0.6 is 0 Å². The van der Waals surface area contributed by atoms with Gasteiger partial charge in [0.25, 0.3) is 10.0 Å². The molecule has 1 aromatic heterocycles. The van der Waals surface area contributed by atoms with Crippen LogP contribution in [0.15, 0.2) is 96.0 Å². The molecule has 0 fully saturated rings. The molecule has 43 heavy (non-hydrogen) atoms. The first-order valence-electron chi connectivity index (χ1n) is 13.6. The van der Waals surface area contributed by atoms with Gasteiger partial charge >= 0.3 is 6.09 Å². The zero-order valence-electron chi connectivity index (χ0n) is 24.5. The van der Waals surface area contributed by atoms with Crippen molar-refractivity contribution in [3.05, 3.63) is 108 Å². The molecule has 3 aromatic carbocycles. The van der Waals surface area contributed by atoms with Crippen molar-refractivity contribution in [2.45, 2.75) is 50.3 Å². The fourth-order valence-electron chi connectivity index (χ4n) is 4.37. The number of halogens is 1. The van der Waals surface area contributed by atoms with Crippen molar-refractivity contribution < 1.29 is 27.1 Å². The highest BCUT2D eigenvalue weighted by Gasteiger charge is 2.26. The average Bonchev–Trinajstić information content (AvgIpc) is 3.37. The van der Waals surface area contributed by atoms with Crippen LogP contribution in [-0.4, -0.2) is 48.0 Å². The molecule has 3 N–H and O–H groups in total. The highest BCUT2D eigenvalue weighted by Crippen LogP contribution is 2.30. The molecule has 0 saturated heterocycles. The molecule has 4 rings (SSSR count). The lowest BCUT2D eigenvalue weighted by atomic mass is 10.1. The van der Waals surface area contributed by atoms with Gasteiger partial charge in [0.1, 0.15) is 11.4 Å². The molecule has 0 radical (unpaired) electrons. The minimum Gasteiger partial charge on any atom is -0.444 e. The number of ether oxygens (including phenoxy) is 1. The Bertz CT molecular complexity index is 1720. The highest BCUT2D eigenvalue weighted by atomic mass is 32.2. The largest absolute Gasteiger partial charge is 0.444 e. The van der Waals surface area contributed by atoms with E-state index in [1.165, 1.54) is 60.6 Å². The number of anilines is 1. The Hall–Kier alpha value is -4.48. The Morgan fingerprint density at radius 2 is 1.65 bits per heavy atom. The normalized spacial score (nSPS) is 12.4. The molecule has 4 aromatic rings. The number of benzene rings is 3. The summed E-state index contributed by atoms with van der Waals surface area (Å²) < 4.78 is 49.2. The second-order valence-corrected chi connectivity index (χ2v) is 13.0. The molecule has 226 valence electrons. The summed E-state index contributed by atoms with van der Waals surface area (Å²) >= 11 is 0. The molecule has 0 aliphatic rings. The first-order valence-corrected chi connectivity index (χ1v) is 15.0. The van der Waals surface area contributed by atoms with Crippen molar-refractivity contribution >= 4 is 27.7 Å². The van der Waals surface area contributed by atoms with Crippen LogP contribution in [0.5, 0.6) is 0 Å². The van der Waals surface area contributed by atoms with Crippen molar-refractivity contribution in [3.63, 3.8) is 0 Å². The number of hydrogen-bond donors (Lipinski definition) is 2. The van der Waals surface area contributed by atoms with Gasteiger partial charge in [-0.1, -0.05) is 48.5 Å². The first kappa shape index (κ1) is 31.5. The smallest absolute Gasteiger partial charge is 0.410 e. The highest BCUT2D eigenvalue weighted by molar-refractivity contribution is 7.90. The van der Waals surface area contributed by atoms with Gasteiger partial charge in [-0.2, -0.15) is 0 Å². The van der Waals surface area contributed by atoms with Crippen LogP contribution in [-0.2, 0) is 32.5 Å². The van der Waals surface area contributed by atoms with Gasteiger partial charge in [-0.15, -0.1) is 0 Å². The van der Waals surface area contributed by atoms with Gasteiger partial charge in [0.15, 0.2) is 0 Å². The quantitative estimate of drug-likeness (QED) is 0.263. The first-order chi connectivity index (χ1) is 20.2. The van der Waals surface area contributed by atoms with Crippen molar-refractivity contribution in [3.8, 4) is 11.3 Å². The molecule has 0 bridgehead atoms. The van der Waals surface area contributed by atoms with Crippen LogP contribution in [0, 0.1) is 5.82 Å². The average molecular weight is 607 g/mol. The molecule has 11 heteroatoms. The molecule has 2 amide bonds. The molecule has 0 spiro atoms. The number of hydrogen-bond acceptors (Lipinski definition) is 6. The predicted molar refractivity (Wildman–Crippen MR) is 163 cm³/mol. The number of carbonyl (C=O) groups excluding carboxylic acids is 2. The summed E-state index contributed by atoms with van der Waals surface area (Å²) in [5.74, 6) is -1.09. The van der Waals surface area contributed by atoms with Crippen molar-refractivity contribution in [1.29, 1.82) is 0 Å². The van der Waals surface area contributed by atoms with E-state index in [0.717, 1.165) is 9.54 Å². The molecule has 0 aliphatic heterocycles. The maximum absolute atomic E-state index is 14.9. The summed E-state index contributed by atoms with van der Waals surface area (Å²) in [6.45, 7) is 5.23. The number of amides is 2. The SMILES string of the molecule is CN(Cc1cc(-c2ccccc2F)n(S(=O)(=O)c2cccc(NC(=O)[C@@H](N)Cc3ccccc3)c2)c1)C(=O)OC(C)(C)C. The molecular formula is C32H35FN4O5S. The third-order valence-corrected chi connectivity index (χ3v) is 8.08. The molecular weight excluding hydrogens is 571 g/mol. The zero-order chi connectivity index (χ0) is 31.4. The van der Waals surface area contributed by atoms with Crippen LogP contribution in [0.25, 0.3) is 11.3 Å². The molecule has 0 saturated carbocycles. The number of aromatic nitrogens is 1. The standard InChI is InChI=1S/C32H35FN4O5S/c1-32(2,3)42-31(39)36(4)20-23-18-29(26-15-8-9-16-27(26)33)37(21-23)43(40,41)25-14-10-13-24(19-25)35-30(38)28(34)17-22-11-6-5-7-12-22/h5-16,18-19,21,28H,17,20,34H2,1-4H3,(H,35,38)/t28-/m0/s1. The molecule has 9 nitrogen and oxygen atoms in total. The van der Waals surface area contributed by atoms with Gasteiger partial charge in [-0.3, -0.25) is 4.79 Å². The van der Waals surface area contributed by atoms with Crippen LogP contribution < -0.4 is 11.1 Å². The fourth-order valence-corrected chi connectivity index (χ4v) is 5.81. The van der Waals surface area contributed by atoms with Gasteiger partial charge in [0, 0.05) is 24.5 Å². The van der Waals surface area contributed by atoms with Gasteiger partial charge < -0.3 is 20.7 Å². The number of nitrogens with two attached hydrogens (primary N) is 1. The van der Waals surface area contributed by atoms with Gasteiger partial charge in [-0.05, 0) is 74.7 Å². The summed E-state index contributed by atoms with van der Waals surface area (Å²) in [6.07, 6.45) is 1.06. The number of nitrogens with zero attached hydrogens (tertiary/aromatic N) is 2.